The van der Waals surface area contributed by atoms with E-state index in [-0.39, 0.29) is 12.6 Å². The van der Waals surface area contributed by atoms with Crippen molar-refractivity contribution in [3.63, 3.8) is 0 Å². The number of ether oxygens (including phenoxy) is 3. The molecule has 0 fully saturated rings. The predicted octanol–water partition coefficient (Wildman–Crippen LogP) is 2.73. The van der Waals surface area contributed by atoms with Gasteiger partial charge in [0.1, 0.15) is 17.3 Å². The van der Waals surface area contributed by atoms with E-state index in [4.69, 9.17) is 18.6 Å². The Morgan fingerprint density at radius 1 is 1.23 bits per heavy atom. The second-order valence-electron chi connectivity index (χ2n) is 5.35. The molecule has 0 spiro atoms. The molecule has 1 heterocycles. The molecule has 1 amide bonds. The number of carbonyl (C=O) groups excluding carboxylic acids is 2. The number of hydrogen-bond donors (Lipinski definition) is 1. The Morgan fingerprint density at radius 2 is 2.04 bits per heavy atom. The standard InChI is InChI=1S/C19H21NO6/c1-13(16-5-4-10-25-16)20-18(21)12-26-19(22)9-6-14-11-15(23-2)7-8-17(14)24-3/h4-11,13H,12H2,1-3H3,(H,20,21)/b9-6+/t13-/m1/s1. The highest BCUT2D eigenvalue weighted by Gasteiger charge is 2.13. The zero-order chi connectivity index (χ0) is 18.9. The zero-order valence-electron chi connectivity index (χ0n) is 14.9. The zero-order valence-corrected chi connectivity index (χ0v) is 14.9. The van der Waals surface area contributed by atoms with Crippen LogP contribution in [0.2, 0.25) is 0 Å². The van der Waals surface area contributed by atoms with E-state index < -0.39 is 11.9 Å². The van der Waals surface area contributed by atoms with E-state index in [0.717, 1.165) is 0 Å². The van der Waals surface area contributed by atoms with Gasteiger partial charge in [0.15, 0.2) is 6.61 Å². The maximum absolute atomic E-state index is 11.8. The van der Waals surface area contributed by atoms with Crippen molar-refractivity contribution in [1.82, 2.24) is 5.32 Å². The quantitative estimate of drug-likeness (QED) is 0.576. The van der Waals surface area contributed by atoms with Crippen LogP contribution < -0.4 is 14.8 Å². The van der Waals surface area contributed by atoms with Crippen LogP contribution in [0, 0.1) is 0 Å². The van der Waals surface area contributed by atoms with Gasteiger partial charge in [0.2, 0.25) is 0 Å². The molecule has 7 heteroatoms. The average Bonchev–Trinajstić information content (AvgIpc) is 3.19. The smallest absolute Gasteiger partial charge is 0.331 e. The maximum atomic E-state index is 11.8. The number of benzene rings is 1. The highest BCUT2D eigenvalue weighted by atomic mass is 16.5. The van der Waals surface area contributed by atoms with Gasteiger partial charge in [0.25, 0.3) is 5.91 Å². The molecule has 0 unspecified atom stereocenters. The molecule has 0 saturated carbocycles. The van der Waals surface area contributed by atoms with Crippen molar-refractivity contribution < 1.29 is 28.2 Å². The number of amides is 1. The van der Waals surface area contributed by atoms with E-state index >= 15 is 0 Å². The van der Waals surface area contributed by atoms with Crippen LogP contribution >= 0.6 is 0 Å². The van der Waals surface area contributed by atoms with Gasteiger partial charge >= 0.3 is 5.97 Å². The van der Waals surface area contributed by atoms with Gasteiger partial charge in [-0.2, -0.15) is 0 Å². The normalized spacial score (nSPS) is 11.8. The van der Waals surface area contributed by atoms with Crippen molar-refractivity contribution in [1.29, 1.82) is 0 Å². The van der Waals surface area contributed by atoms with E-state index in [1.807, 2.05) is 0 Å². The van der Waals surface area contributed by atoms with Gasteiger partial charge in [0, 0.05) is 11.6 Å². The van der Waals surface area contributed by atoms with Crippen molar-refractivity contribution in [2.75, 3.05) is 20.8 Å². The van der Waals surface area contributed by atoms with Gasteiger partial charge in [-0.3, -0.25) is 4.79 Å². The van der Waals surface area contributed by atoms with Gasteiger partial charge in [-0.05, 0) is 43.3 Å². The number of nitrogens with one attached hydrogen (secondary N) is 1. The number of methoxy groups -OCH3 is 2. The largest absolute Gasteiger partial charge is 0.497 e. The molecule has 0 aliphatic heterocycles. The van der Waals surface area contributed by atoms with E-state index in [0.29, 0.717) is 22.8 Å². The summed E-state index contributed by atoms with van der Waals surface area (Å²) in [5.74, 6) is 0.768. The van der Waals surface area contributed by atoms with Crippen LogP contribution in [0.15, 0.2) is 47.1 Å². The summed E-state index contributed by atoms with van der Waals surface area (Å²) >= 11 is 0. The molecule has 1 aromatic heterocycles. The number of rotatable bonds is 8. The van der Waals surface area contributed by atoms with Gasteiger partial charge in [-0.15, -0.1) is 0 Å². The van der Waals surface area contributed by atoms with Crippen LogP contribution in [0.4, 0.5) is 0 Å². The lowest BCUT2D eigenvalue weighted by Crippen LogP contribution is -2.30. The molecule has 138 valence electrons. The minimum Gasteiger partial charge on any atom is -0.497 e. The van der Waals surface area contributed by atoms with Crippen LogP contribution in [0.3, 0.4) is 0 Å². The second-order valence-corrected chi connectivity index (χ2v) is 5.35. The Hall–Kier alpha value is -3.22. The van der Waals surface area contributed by atoms with E-state index in [2.05, 4.69) is 5.32 Å². The first-order chi connectivity index (χ1) is 12.5. The summed E-state index contributed by atoms with van der Waals surface area (Å²) in [5.41, 5.74) is 0.652. The topological polar surface area (TPSA) is 87.0 Å². The highest BCUT2D eigenvalue weighted by Crippen LogP contribution is 2.25. The summed E-state index contributed by atoms with van der Waals surface area (Å²) in [6.45, 7) is 1.39. The SMILES string of the molecule is COc1ccc(OC)c(/C=C/C(=O)OCC(=O)N[C@H](C)c2ccco2)c1. The Bertz CT molecular complexity index is 766. The van der Waals surface area contributed by atoms with Crippen LogP contribution in [0.1, 0.15) is 24.3 Å². The monoisotopic (exact) mass is 359 g/mol. The van der Waals surface area contributed by atoms with E-state index in [1.54, 1.807) is 44.4 Å². The molecular formula is C19H21NO6. The van der Waals surface area contributed by atoms with Crippen molar-refractivity contribution in [2.45, 2.75) is 13.0 Å². The van der Waals surface area contributed by atoms with Crippen LogP contribution in [0.25, 0.3) is 6.08 Å². The van der Waals surface area contributed by atoms with Crippen molar-refractivity contribution in [3.8, 4) is 11.5 Å². The Kier molecular flexibility index (Phi) is 6.84. The fourth-order valence-corrected chi connectivity index (χ4v) is 2.20. The summed E-state index contributed by atoms with van der Waals surface area (Å²) in [6.07, 6.45) is 4.28. The number of carbonyl (C=O) groups is 2. The lowest BCUT2D eigenvalue weighted by Gasteiger charge is -2.11. The molecule has 0 radical (unpaired) electrons. The molecule has 2 rings (SSSR count). The van der Waals surface area contributed by atoms with Crippen LogP contribution in [0.5, 0.6) is 11.5 Å². The minimum atomic E-state index is -0.643. The first kappa shape index (κ1) is 19.1. The molecule has 1 N–H and O–H groups in total. The number of esters is 1. The summed E-state index contributed by atoms with van der Waals surface area (Å²) in [6, 6.07) is 8.37. The molecule has 0 bridgehead atoms. The third-order valence-electron chi connectivity index (χ3n) is 3.53. The van der Waals surface area contributed by atoms with E-state index in [1.165, 1.54) is 25.5 Å². The second kappa shape index (κ2) is 9.31. The molecule has 1 aromatic carbocycles. The average molecular weight is 359 g/mol. The molecule has 0 aliphatic rings. The third kappa shape index (κ3) is 5.41. The van der Waals surface area contributed by atoms with Crippen molar-refractivity contribution >= 4 is 18.0 Å². The molecule has 0 aliphatic carbocycles. The fourth-order valence-electron chi connectivity index (χ4n) is 2.20. The Labute approximate surface area is 151 Å². The fraction of sp³-hybridized carbons (Fsp3) is 0.263. The van der Waals surface area contributed by atoms with Gasteiger partial charge in [-0.1, -0.05) is 0 Å². The Morgan fingerprint density at radius 3 is 2.69 bits per heavy atom. The van der Waals surface area contributed by atoms with Crippen LogP contribution in [-0.2, 0) is 14.3 Å². The highest BCUT2D eigenvalue weighted by molar-refractivity contribution is 5.89. The van der Waals surface area contributed by atoms with E-state index in [9.17, 15) is 9.59 Å². The molecule has 7 nitrogen and oxygen atoms in total. The predicted molar refractivity (Wildman–Crippen MR) is 94.8 cm³/mol. The molecule has 2 aromatic rings. The lowest BCUT2D eigenvalue weighted by molar-refractivity contribution is -0.144. The first-order valence-corrected chi connectivity index (χ1v) is 7.93. The Balaban J connectivity index is 1.86. The van der Waals surface area contributed by atoms with Gasteiger partial charge in [-0.25, -0.2) is 4.79 Å². The molecular weight excluding hydrogens is 338 g/mol. The molecule has 0 saturated heterocycles. The summed E-state index contributed by atoms with van der Waals surface area (Å²) in [5, 5.41) is 2.67. The van der Waals surface area contributed by atoms with Crippen molar-refractivity contribution in [3.05, 3.63) is 54.0 Å². The molecule has 26 heavy (non-hydrogen) atoms. The third-order valence-corrected chi connectivity index (χ3v) is 3.53. The van der Waals surface area contributed by atoms with Gasteiger partial charge in [0.05, 0.1) is 26.5 Å². The maximum Gasteiger partial charge on any atom is 0.331 e. The summed E-state index contributed by atoms with van der Waals surface area (Å²) in [7, 11) is 3.08. The lowest BCUT2D eigenvalue weighted by atomic mass is 10.1. The summed E-state index contributed by atoms with van der Waals surface area (Å²) < 4.78 is 20.5. The number of furan rings is 1. The van der Waals surface area contributed by atoms with Crippen molar-refractivity contribution in [2.24, 2.45) is 0 Å². The summed E-state index contributed by atoms with van der Waals surface area (Å²) in [4.78, 5) is 23.6. The number of hydrogen-bond acceptors (Lipinski definition) is 6. The minimum absolute atomic E-state index is 0.312. The first-order valence-electron chi connectivity index (χ1n) is 7.93. The van der Waals surface area contributed by atoms with Gasteiger partial charge < -0.3 is 23.9 Å². The van der Waals surface area contributed by atoms with Crippen LogP contribution in [-0.4, -0.2) is 32.7 Å². The molecule has 1 atom stereocenters.